The largest absolute Gasteiger partial charge is 0.493 e. The van der Waals surface area contributed by atoms with E-state index in [4.69, 9.17) is 14.2 Å². The van der Waals surface area contributed by atoms with Crippen LogP contribution >= 0.6 is 0 Å². The average molecular weight is 345 g/mol. The van der Waals surface area contributed by atoms with E-state index >= 15 is 0 Å². The van der Waals surface area contributed by atoms with E-state index in [2.05, 4.69) is 4.99 Å². The van der Waals surface area contributed by atoms with Crippen molar-refractivity contribution in [1.82, 2.24) is 0 Å². The molecule has 25 heavy (non-hydrogen) atoms. The fourth-order valence-electron chi connectivity index (χ4n) is 2.45. The van der Waals surface area contributed by atoms with Gasteiger partial charge in [-0.05, 0) is 31.5 Å². The summed E-state index contributed by atoms with van der Waals surface area (Å²) in [7, 11) is 1.58. The number of hydrogen-bond donors (Lipinski definition) is 0. The number of allylic oxidation sites excluding steroid dienone is 1. The van der Waals surface area contributed by atoms with Gasteiger partial charge in [0.1, 0.15) is 0 Å². The average Bonchev–Trinajstić information content (AvgIpc) is 2.59. The first-order valence-corrected chi connectivity index (χ1v) is 8.35. The van der Waals surface area contributed by atoms with Crippen molar-refractivity contribution in [3.05, 3.63) is 35.5 Å². The maximum atomic E-state index is 12.0. The SMILES string of the molecule is CCCOc1cc(C2=NC(CC(=O)OCC)=CC(=O)C2)ccc1OC. The maximum absolute atomic E-state index is 12.0. The summed E-state index contributed by atoms with van der Waals surface area (Å²) in [5.74, 6) is 0.755. The van der Waals surface area contributed by atoms with Gasteiger partial charge in [-0.25, -0.2) is 0 Å². The minimum atomic E-state index is -0.395. The summed E-state index contributed by atoms with van der Waals surface area (Å²) >= 11 is 0. The molecule has 0 N–H and O–H groups in total. The number of ketones is 1. The molecule has 1 aliphatic heterocycles. The van der Waals surface area contributed by atoms with Crippen LogP contribution in [-0.2, 0) is 14.3 Å². The van der Waals surface area contributed by atoms with Gasteiger partial charge in [0.05, 0.1) is 44.6 Å². The van der Waals surface area contributed by atoms with E-state index in [1.807, 2.05) is 19.1 Å². The van der Waals surface area contributed by atoms with Crippen LogP contribution < -0.4 is 9.47 Å². The number of hydrogen-bond acceptors (Lipinski definition) is 6. The molecule has 0 spiro atoms. The number of ether oxygens (including phenoxy) is 3. The zero-order valence-corrected chi connectivity index (χ0v) is 14.8. The highest BCUT2D eigenvalue weighted by Gasteiger charge is 2.19. The van der Waals surface area contributed by atoms with E-state index < -0.39 is 5.97 Å². The number of aliphatic imine (C=N–C) groups is 1. The topological polar surface area (TPSA) is 74.2 Å². The zero-order valence-electron chi connectivity index (χ0n) is 14.8. The first kappa shape index (κ1) is 18.7. The second-order valence-electron chi connectivity index (χ2n) is 5.53. The lowest BCUT2D eigenvalue weighted by Gasteiger charge is -2.15. The van der Waals surface area contributed by atoms with Gasteiger partial charge in [-0.1, -0.05) is 6.92 Å². The van der Waals surface area contributed by atoms with Crippen LogP contribution in [0.25, 0.3) is 0 Å². The molecule has 2 rings (SSSR count). The highest BCUT2D eigenvalue weighted by molar-refractivity contribution is 6.16. The molecule has 1 aliphatic rings. The standard InChI is InChI=1S/C19H23NO5/c1-4-8-25-18-9-13(6-7-17(18)23-3)16-12-15(21)10-14(20-16)11-19(22)24-5-2/h6-7,9-10H,4-5,8,11-12H2,1-3H3. The number of benzene rings is 1. The molecule has 1 heterocycles. The summed E-state index contributed by atoms with van der Waals surface area (Å²) < 4.78 is 15.9. The molecule has 0 unspecified atom stereocenters. The Morgan fingerprint density at radius 2 is 2.04 bits per heavy atom. The van der Waals surface area contributed by atoms with Crippen LogP contribution in [0.1, 0.15) is 38.7 Å². The Balaban J connectivity index is 2.27. The summed E-state index contributed by atoms with van der Waals surface area (Å²) in [5.41, 5.74) is 1.79. The van der Waals surface area contributed by atoms with Crippen molar-refractivity contribution >= 4 is 17.5 Å². The maximum Gasteiger partial charge on any atom is 0.311 e. The van der Waals surface area contributed by atoms with Crippen molar-refractivity contribution in [2.75, 3.05) is 20.3 Å². The predicted octanol–water partition coefficient (Wildman–Crippen LogP) is 3.08. The van der Waals surface area contributed by atoms with E-state index in [0.29, 0.717) is 36.1 Å². The molecule has 0 atom stereocenters. The molecular weight excluding hydrogens is 322 g/mol. The van der Waals surface area contributed by atoms with Gasteiger partial charge in [0.2, 0.25) is 0 Å². The molecule has 0 aliphatic carbocycles. The molecular formula is C19H23NO5. The third kappa shape index (κ3) is 5.17. The number of carbonyl (C=O) groups excluding carboxylic acids is 2. The Labute approximate surface area is 147 Å². The normalized spacial score (nSPS) is 13.8. The lowest BCUT2D eigenvalue weighted by molar-refractivity contribution is -0.142. The van der Waals surface area contributed by atoms with Crippen LogP contribution in [0, 0.1) is 0 Å². The molecule has 0 aromatic heterocycles. The summed E-state index contributed by atoms with van der Waals surface area (Å²) in [6, 6.07) is 5.43. The summed E-state index contributed by atoms with van der Waals surface area (Å²) in [5, 5.41) is 0. The predicted molar refractivity (Wildman–Crippen MR) is 94.3 cm³/mol. The van der Waals surface area contributed by atoms with Gasteiger partial charge in [-0.15, -0.1) is 0 Å². The summed E-state index contributed by atoms with van der Waals surface area (Å²) in [6.07, 6.45) is 2.45. The highest BCUT2D eigenvalue weighted by Crippen LogP contribution is 2.30. The Hall–Kier alpha value is -2.63. The Morgan fingerprint density at radius 3 is 2.72 bits per heavy atom. The van der Waals surface area contributed by atoms with Crippen molar-refractivity contribution < 1.29 is 23.8 Å². The van der Waals surface area contributed by atoms with Crippen molar-refractivity contribution in [3.8, 4) is 11.5 Å². The van der Waals surface area contributed by atoms with Crippen LogP contribution in [0.3, 0.4) is 0 Å². The first-order valence-electron chi connectivity index (χ1n) is 8.35. The van der Waals surface area contributed by atoms with Gasteiger partial charge in [-0.3, -0.25) is 14.6 Å². The minimum absolute atomic E-state index is 0.0154. The summed E-state index contributed by atoms with van der Waals surface area (Å²) in [4.78, 5) is 28.1. The van der Waals surface area contributed by atoms with Crippen LogP contribution in [-0.4, -0.2) is 37.8 Å². The van der Waals surface area contributed by atoms with Gasteiger partial charge in [0, 0.05) is 11.6 Å². The monoisotopic (exact) mass is 345 g/mol. The number of rotatable bonds is 8. The molecule has 0 fully saturated rings. The highest BCUT2D eigenvalue weighted by atomic mass is 16.5. The van der Waals surface area contributed by atoms with E-state index in [-0.39, 0.29) is 18.6 Å². The number of esters is 1. The van der Waals surface area contributed by atoms with Crippen molar-refractivity contribution in [1.29, 1.82) is 0 Å². The molecule has 6 heteroatoms. The molecule has 0 bridgehead atoms. The number of carbonyl (C=O) groups is 2. The Bertz CT molecular complexity index is 706. The third-order valence-corrected chi connectivity index (χ3v) is 3.54. The molecule has 0 saturated heterocycles. The lowest BCUT2D eigenvalue weighted by atomic mass is 10.0. The van der Waals surface area contributed by atoms with Gasteiger partial charge >= 0.3 is 5.97 Å². The van der Waals surface area contributed by atoms with Crippen LogP contribution in [0.15, 0.2) is 35.0 Å². The Morgan fingerprint density at radius 1 is 1.24 bits per heavy atom. The molecule has 0 radical (unpaired) electrons. The smallest absolute Gasteiger partial charge is 0.311 e. The zero-order chi connectivity index (χ0) is 18.2. The minimum Gasteiger partial charge on any atom is -0.493 e. The van der Waals surface area contributed by atoms with E-state index in [1.165, 1.54) is 6.08 Å². The van der Waals surface area contributed by atoms with E-state index in [1.54, 1.807) is 20.1 Å². The van der Waals surface area contributed by atoms with Crippen molar-refractivity contribution in [3.63, 3.8) is 0 Å². The first-order chi connectivity index (χ1) is 12.1. The van der Waals surface area contributed by atoms with E-state index in [0.717, 1.165) is 12.0 Å². The van der Waals surface area contributed by atoms with Crippen LogP contribution in [0.2, 0.25) is 0 Å². The van der Waals surface area contributed by atoms with Crippen LogP contribution in [0.5, 0.6) is 11.5 Å². The second kappa shape index (κ2) is 9.01. The Kier molecular flexibility index (Phi) is 6.74. The number of methoxy groups -OCH3 is 1. The van der Waals surface area contributed by atoms with Gasteiger partial charge < -0.3 is 14.2 Å². The summed E-state index contributed by atoms with van der Waals surface area (Å²) in [6.45, 7) is 4.63. The van der Waals surface area contributed by atoms with Crippen molar-refractivity contribution in [2.45, 2.75) is 33.1 Å². The van der Waals surface area contributed by atoms with Crippen molar-refractivity contribution in [2.24, 2.45) is 4.99 Å². The lowest BCUT2D eigenvalue weighted by Crippen LogP contribution is -2.15. The molecule has 1 aromatic carbocycles. The van der Waals surface area contributed by atoms with Gasteiger partial charge in [0.15, 0.2) is 17.3 Å². The fraction of sp³-hybridized carbons (Fsp3) is 0.421. The van der Waals surface area contributed by atoms with Crippen LogP contribution in [0.4, 0.5) is 0 Å². The van der Waals surface area contributed by atoms with Gasteiger partial charge in [0.25, 0.3) is 0 Å². The molecule has 1 aromatic rings. The van der Waals surface area contributed by atoms with E-state index in [9.17, 15) is 9.59 Å². The molecule has 0 amide bonds. The quantitative estimate of drug-likeness (QED) is 0.677. The molecule has 6 nitrogen and oxygen atoms in total. The molecule has 0 saturated carbocycles. The number of nitrogens with zero attached hydrogens (tertiary/aromatic N) is 1. The fourth-order valence-corrected chi connectivity index (χ4v) is 2.45. The second-order valence-corrected chi connectivity index (χ2v) is 5.53. The third-order valence-electron chi connectivity index (χ3n) is 3.54. The molecule has 134 valence electrons. The van der Waals surface area contributed by atoms with Gasteiger partial charge in [-0.2, -0.15) is 0 Å².